The summed E-state index contributed by atoms with van der Waals surface area (Å²) in [5, 5.41) is 9.33. The van der Waals surface area contributed by atoms with E-state index in [4.69, 9.17) is 10.4 Å². The molecule has 0 amide bonds. The van der Waals surface area contributed by atoms with E-state index in [0.29, 0.717) is 11.0 Å². The Balaban J connectivity index is 1.98. The summed E-state index contributed by atoms with van der Waals surface area (Å²) in [6.45, 7) is 0.255. The van der Waals surface area contributed by atoms with Crippen molar-refractivity contribution in [3.05, 3.63) is 41.6 Å². The monoisotopic (exact) mass is 397 g/mol. The molecule has 26 heavy (non-hydrogen) atoms. The van der Waals surface area contributed by atoms with Crippen LogP contribution in [0.4, 0.5) is 11.4 Å². The number of nitrogen functional groups attached to an aromatic ring is 1. The third kappa shape index (κ3) is 3.98. The zero-order valence-corrected chi connectivity index (χ0v) is 15.3. The van der Waals surface area contributed by atoms with Gasteiger partial charge in [0.2, 0.25) is 19.9 Å². The molecule has 0 saturated heterocycles. The molecule has 0 fully saturated rings. The van der Waals surface area contributed by atoms with Gasteiger partial charge in [-0.05, 0) is 22.7 Å². The van der Waals surface area contributed by atoms with Crippen molar-refractivity contribution < 1.29 is 26.5 Å². The summed E-state index contributed by atoms with van der Waals surface area (Å²) >= 11 is 0. The van der Waals surface area contributed by atoms with Crippen LogP contribution in [0.5, 0.6) is 0 Å². The van der Waals surface area contributed by atoms with Gasteiger partial charge >= 0.3 is 7.12 Å². The van der Waals surface area contributed by atoms with E-state index < -0.39 is 37.8 Å². The summed E-state index contributed by atoms with van der Waals surface area (Å²) in [4.78, 5) is 3.80. The third-order valence-corrected chi connectivity index (χ3v) is 5.91. The number of hydrogen-bond acceptors (Lipinski definition) is 8. The van der Waals surface area contributed by atoms with Gasteiger partial charge in [-0.1, -0.05) is 18.2 Å². The molecule has 12 heteroatoms. The first-order valence-electron chi connectivity index (χ1n) is 7.42. The number of pyridine rings is 1. The maximum Gasteiger partial charge on any atom is 0.491 e. The van der Waals surface area contributed by atoms with Crippen molar-refractivity contribution in [1.29, 1.82) is 0 Å². The average molecular weight is 397 g/mol. The molecule has 138 valence electrons. The third-order valence-electron chi connectivity index (χ3n) is 3.69. The first-order valence-corrected chi connectivity index (χ1v) is 11.0. The van der Waals surface area contributed by atoms with Crippen molar-refractivity contribution in [1.82, 2.24) is 4.98 Å². The van der Waals surface area contributed by atoms with Crippen LogP contribution in [-0.4, -0.2) is 40.2 Å². The number of sulfone groups is 1. The zero-order chi connectivity index (χ0) is 19.1. The Labute approximate surface area is 151 Å². The Morgan fingerprint density at radius 1 is 1.31 bits per heavy atom. The van der Waals surface area contributed by atoms with Crippen LogP contribution in [0.3, 0.4) is 0 Å². The van der Waals surface area contributed by atoms with Gasteiger partial charge in [0.15, 0.2) is 5.03 Å². The van der Waals surface area contributed by atoms with E-state index in [1.807, 2.05) is 0 Å². The average Bonchev–Trinajstić information content (AvgIpc) is 2.86. The lowest BCUT2D eigenvalue weighted by molar-refractivity contribution is 0.275. The Morgan fingerprint density at radius 3 is 2.73 bits per heavy atom. The van der Waals surface area contributed by atoms with E-state index >= 15 is 0 Å². The van der Waals surface area contributed by atoms with Crippen molar-refractivity contribution in [2.45, 2.75) is 17.4 Å². The summed E-state index contributed by atoms with van der Waals surface area (Å²) in [6.07, 6.45) is 2.04. The SMILES string of the molecule is CS(=O)(=O)Nc1cc(N)cnc1S(=O)(=O)Cc1ccc2c(c1)B(O)OC2. The summed E-state index contributed by atoms with van der Waals surface area (Å²) in [7, 11) is -8.80. The maximum absolute atomic E-state index is 12.8. The van der Waals surface area contributed by atoms with Crippen LogP contribution in [0.2, 0.25) is 0 Å². The first-order chi connectivity index (χ1) is 12.0. The molecular weight excluding hydrogens is 381 g/mol. The Morgan fingerprint density at radius 2 is 2.04 bits per heavy atom. The Bertz CT molecular complexity index is 1070. The minimum Gasteiger partial charge on any atom is -0.423 e. The van der Waals surface area contributed by atoms with Crippen molar-refractivity contribution in [3.8, 4) is 0 Å². The van der Waals surface area contributed by atoms with Gasteiger partial charge in [0, 0.05) is 0 Å². The van der Waals surface area contributed by atoms with Gasteiger partial charge in [-0.2, -0.15) is 0 Å². The van der Waals surface area contributed by atoms with Crippen LogP contribution in [0.1, 0.15) is 11.1 Å². The van der Waals surface area contributed by atoms with Crippen molar-refractivity contribution in [2.24, 2.45) is 0 Å². The van der Waals surface area contributed by atoms with Gasteiger partial charge < -0.3 is 15.4 Å². The number of benzene rings is 1. The number of nitrogens with zero attached hydrogens (tertiary/aromatic N) is 1. The van der Waals surface area contributed by atoms with Crippen molar-refractivity contribution >= 4 is 43.8 Å². The minimum atomic E-state index is -3.98. The van der Waals surface area contributed by atoms with Crippen molar-refractivity contribution in [2.75, 3.05) is 16.7 Å². The number of sulfonamides is 1. The van der Waals surface area contributed by atoms with Crippen LogP contribution in [-0.2, 0) is 36.9 Å². The van der Waals surface area contributed by atoms with Gasteiger partial charge in [0.25, 0.3) is 0 Å². The summed E-state index contributed by atoms with van der Waals surface area (Å²) in [6, 6.07) is 6.04. The number of aromatic nitrogens is 1. The lowest BCUT2D eigenvalue weighted by Gasteiger charge is -2.12. The fraction of sp³-hybridized carbons (Fsp3) is 0.214. The van der Waals surface area contributed by atoms with E-state index in [1.54, 1.807) is 18.2 Å². The lowest BCUT2D eigenvalue weighted by Crippen LogP contribution is -2.28. The highest BCUT2D eigenvalue weighted by atomic mass is 32.2. The molecule has 1 aromatic heterocycles. The quantitative estimate of drug-likeness (QED) is 0.557. The van der Waals surface area contributed by atoms with Crippen LogP contribution in [0.15, 0.2) is 35.5 Å². The number of fused-ring (bicyclic) bond motifs is 1. The fourth-order valence-corrected chi connectivity index (χ4v) is 4.66. The lowest BCUT2D eigenvalue weighted by atomic mass is 9.79. The molecule has 1 aromatic carbocycles. The molecule has 2 aromatic rings. The van der Waals surface area contributed by atoms with E-state index in [9.17, 15) is 21.9 Å². The smallest absolute Gasteiger partial charge is 0.423 e. The highest BCUT2D eigenvalue weighted by Crippen LogP contribution is 2.25. The zero-order valence-electron chi connectivity index (χ0n) is 13.7. The molecular formula is C14H16BN3O6S2. The van der Waals surface area contributed by atoms with Crippen LogP contribution in [0.25, 0.3) is 0 Å². The van der Waals surface area contributed by atoms with Crippen LogP contribution < -0.4 is 15.9 Å². The second kappa shape index (κ2) is 6.54. The predicted molar refractivity (Wildman–Crippen MR) is 96.8 cm³/mol. The minimum absolute atomic E-state index is 0.118. The molecule has 0 radical (unpaired) electrons. The van der Waals surface area contributed by atoms with E-state index in [2.05, 4.69) is 9.71 Å². The largest absolute Gasteiger partial charge is 0.491 e. The second-order valence-corrected chi connectivity index (χ2v) is 9.60. The van der Waals surface area contributed by atoms with Gasteiger partial charge in [0.1, 0.15) is 0 Å². The topological polar surface area (TPSA) is 149 Å². The highest BCUT2D eigenvalue weighted by molar-refractivity contribution is 7.92. The maximum atomic E-state index is 12.8. The molecule has 0 spiro atoms. The number of nitrogens with one attached hydrogen (secondary N) is 1. The molecule has 9 nitrogen and oxygen atoms in total. The predicted octanol–water partition coefficient (Wildman–Crippen LogP) is -0.773. The van der Waals surface area contributed by atoms with Crippen LogP contribution >= 0.6 is 0 Å². The molecule has 4 N–H and O–H groups in total. The molecule has 3 rings (SSSR count). The normalized spacial score (nSPS) is 14.3. The van der Waals surface area contributed by atoms with E-state index in [0.717, 1.165) is 18.0 Å². The van der Waals surface area contributed by atoms with E-state index in [1.165, 1.54) is 6.07 Å². The highest BCUT2D eigenvalue weighted by Gasteiger charge is 2.29. The van der Waals surface area contributed by atoms with Gasteiger partial charge in [-0.15, -0.1) is 0 Å². The summed E-state index contributed by atoms with van der Waals surface area (Å²) in [5.41, 5.74) is 7.20. The standard InChI is InChI=1S/C14H16BN3O6S2/c1-25(20,21)18-13-5-11(16)6-17-14(13)26(22,23)8-9-2-3-10-7-24-15(19)12(10)4-9/h2-6,18-19H,7-8,16H2,1H3. The van der Waals surface area contributed by atoms with Gasteiger partial charge in [-0.25, -0.2) is 21.8 Å². The fourth-order valence-electron chi connectivity index (χ4n) is 2.63. The van der Waals surface area contributed by atoms with Gasteiger partial charge in [-0.3, -0.25) is 4.72 Å². The van der Waals surface area contributed by atoms with Crippen molar-refractivity contribution in [3.63, 3.8) is 0 Å². The molecule has 2 heterocycles. The second-order valence-electron chi connectivity index (χ2n) is 5.95. The number of hydrogen-bond donors (Lipinski definition) is 3. The molecule has 1 aliphatic heterocycles. The number of nitrogens with two attached hydrogens (primary N) is 1. The Kier molecular flexibility index (Phi) is 4.69. The first kappa shape index (κ1) is 18.6. The molecule has 0 aliphatic carbocycles. The molecule has 1 aliphatic rings. The van der Waals surface area contributed by atoms with E-state index in [-0.39, 0.29) is 18.0 Å². The Hall–Kier alpha value is -2.15. The molecule has 0 unspecified atom stereocenters. The molecule has 0 atom stereocenters. The summed E-state index contributed by atoms with van der Waals surface area (Å²) in [5.74, 6) is -0.428. The van der Waals surface area contributed by atoms with Gasteiger partial charge in [0.05, 0.1) is 36.2 Å². The molecule has 0 bridgehead atoms. The number of anilines is 2. The van der Waals surface area contributed by atoms with Crippen LogP contribution in [0, 0.1) is 0 Å². The number of rotatable bonds is 5. The summed E-state index contributed by atoms with van der Waals surface area (Å²) < 4.78 is 55.7. The molecule has 0 saturated carbocycles.